The van der Waals surface area contributed by atoms with Crippen LogP contribution in [0.2, 0.25) is 0 Å². The Balaban J connectivity index is 2.94. The molecule has 0 spiro atoms. The molecule has 0 saturated heterocycles. The number of oxime groups is 1. The SMILES string of the molecule is CCC(CC)(NC(=O)c1cc(OC)cs1)C(N)=NO. The van der Waals surface area contributed by atoms with Gasteiger partial charge in [0.05, 0.1) is 12.0 Å². The maximum Gasteiger partial charge on any atom is 0.262 e. The maximum atomic E-state index is 12.2. The number of nitrogens with one attached hydrogen (secondary N) is 1. The van der Waals surface area contributed by atoms with Crippen molar-refractivity contribution < 1.29 is 14.7 Å². The molecule has 0 atom stereocenters. The third-order valence-corrected chi connectivity index (χ3v) is 4.10. The second kappa shape index (κ2) is 6.42. The number of carbonyl (C=O) groups is 1. The molecule has 1 amide bonds. The van der Waals surface area contributed by atoms with Gasteiger partial charge in [-0.3, -0.25) is 4.79 Å². The van der Waals surface area contributed by atoms with Crippen molar-refractivity contribution in [2.45, 2.75) is 32.2 Å². The summed E-state index contributed by atoms with van der Waals surface area (Å²) in [5, 5.41) is 16.5. The van der Waals surface area contributed by atoms with Gasteiger partial charge in [0.25, 0.3) is 5.91 Å². The molecule has 1 aromatic rings. The van der Waals surface area contributed by atoms with Crippen molar-refractivity contribution in [1.82, 2.24) is 5.32 Å². The van der Waals surface area contributed by atoms with Crippen LogP contribution in [-0.2, 0) is 0 Å². The zero-order valence-corrected chi connectivity index (χ0v) is 12.1. The molecule has 0 aromatic carbocycles. The Hall–Kier alpha value is -1.76. The summed E-state index contributed by atoms with van der Waals surface area (Å²) in [6.45, 7) is 3.74. The fourth-order valence-corrected chi connectivity index (χ4v) is 2.52. The minimum Gasteiger partial charge on any atom is -0.496 e. The summed E-state index contributed by atoms with van der Waals surface area (Å²) < 4.78 is 5.04. The number of amidine groups is 1. The fourth-order valence-electron chi connectivity index (χ4n) is 1.77. The van der Waals surface area contributed by atoms with Gasteiger partial charge in [-0.2, -0.15) is 0 Å². The molecule has 0 fully saturated rings. The first kappa shape index (κ1) is 15.3. The van der Waals surface area contributed by atoms with Gasteiger partial charge in [-0.15, -0.1) is 11.3 Å². The molecule has 0 aliphatic carbocycles. The highest BCUT2D eigenvalue weighted by atomic mass is 32.1. The highest BCUT2D eigenvalue weighted by Gasteiger charge is 2.33. The van der Waals surface area contributed by atoms with Crippen LogP contribution in [0.1, 0.15) is 36.4 Å². The normalized spacial score (nSPS) is 12.3. The number of ether oxygens (including phenoxy) is 1. The quantitative estimate of drug-likeness (QED) is 0.321. The van der Waals surface area contributed by atoms with Gasteiger partial charge >= 0.3 is 0 Å². The Labute approximate surface area is 116 Å². The number of methoxy groups -OCH3 is 1. The summed E-state index contributed by atoms with van der Waals surface area (Å²) in [5.41, 5.74) is 4.86. The molecule has 106 valence electrons. The van der Waals surface area contributed by atoms with Crippen molar-refractivity contribution in [3.63, 3.8) is 0 Å². The van der Waals surface area contributed by atoms with Crippen LogP contribution in [0.25, 0.3) is 0 Å². The Morgan fingerprint density at radius 3 is 2.63 bits per heavy atom. The highest BCUT2D eigenvalue weighted by Crippen LogP contribution is 2.23. The summed E-state index contributed by atoms with van der Waals surface area (Å²) in [6, 6.07) is 1.66. The third-order valence-electron chi connectivity index (χ3n) is 3.19. The van der Waals surface area contributed by atoms with E-state index >= 15 is 0 Å². The zero-order valence-electron chi connectivity index (χ0n) is 11.3. The van der Waals surface area contributed by atoms with E-state index in [1.54, 1.807) is 18.6 Å². The second-order valence-corrected chi connectivity index (χ2v) is 4.99. The minimum absolute atomic E-state index is 0.00868. The molecule has 0 radical (unpaired) electrons. The zero-order chi connectivity index (χ0) is 14.5. The molecule has 1 rings (SSSR count). The van der Waals surface area contributed by atoms with Gasteiger partial charge in [0.2, 0.25) is 0 Å². The van der Waals surface area contributed by atoms with Gasteiger partial charge in [-0.25, -0.2) is 0 Å². The minimum atomic E-state index is -0.830. The summed E-state index contributed by atoms with van der Waals surface area (Å²) in [6.07, 6.45) is 1.07. The lowest BCUT2D eigenvalue weighted by Crippen LogP contribution is -2.56. The van der Waals surface area contributed by atoms with Crippen molar-refractivity contribution in [1.29, 1.82) is 0 Å². The first-order valence-corrected chi connectivity index (χ1v) is 6.84. The van der Waals surface area contributed by atoms with Crippen molar-refractivity contribution in [2.24, 2.45) is 10.9 Å². The molecule has 0 saturated carbocycles. The maximum absolute atomic E-state index is 12.2. The van der Waals surface area contributed by atoms with Gasteiger partial charge in [0, 0.05) is 11.4 Å². The lowest BCUT2D eigenvalue weighted by Gasteiger charge is -2.31. The van der Waals surface area contributed by atoms with E-state index in [-0.39, 0.29) is 11.7 Å². The van der Waals surface area contributed by atoms with Crippen LogP contribution in [0, 0.1) is 0 Å². The monoisotopic (exact) mass is 285 g/mol. The second-order valence-electron chi connectivity index (χ2n) is 4.08. The van der Waals surface area contributed by atoms with Gasteiger partial charge in [-0.1, -0.05) is 19.0 Å². The molecule has 0 aliphatic rings. The Morgan fingerprint density at radius 2 is 2.21 bits per heavy atom. The number of nitrogens with two attached hydrogens (primary N) is 1. The third kappa shape index (κ3) is 3.17. The van der Waals surface area contributed by atoms with E-state index in [9.17, 15) is 4.79 Å². The van der Waals surface area contributed by atoms with E-state index in [1.165, 1.54) is 11.3 Å². The van der Waals surface area contributed by atoms with Gasteiger partial charge < -0.3 is 21.0 Å². The first-order valence-electron chi connectivity index (χ1n) is 5.96. The van der Waals surface area contributed by atoms with Crippen LogP contribution in [-0.4, -0.2) is 29.6 Å². The molecule has 0 unspecified atom stereocenters. The molecule has 1 heterocycles. The van der Waals surface area contributed by atoms with Crippen LogP contribution < -0.4 is 15.8 Å². The number of hydrogen-bond acceptors (Lipinski definition) is 5. The molecule has 4 N–H and O–H groups in total. The molecular formula is C12H19N3O3S. The smallest absolute Gasteiger partial charge is 0.262 e. The van der Waals surface area contributed by atoms with E-state index in [0.717, 1.165) is 0 Å². The van der Waals surface area contributed by atoms with Crippen molar-refractivity contribution in [3.05, 3.63) is 16.3 Å². The van der Waals surface area contributed by atoms with Crippen LogP contribution in [0.5, 0.6) is 5.75 Å². The largest absolute Gasteiger partial charge is 0.496 e. The molecule has 1 aromatic heterocycles. The highest BCUT2D eigenvalue weighted by molar-refractivity contribution is 7.12. The average Bonchev–Trinajstić information content (AvgIpc) is 2.92. The molecule has 19 heavy (non-hydrogen) atoms. The van der Waals surface area contributed by atoms with E-state index in [0.29, 0.717) is 23.5 Å². The van der Waals surface area contributed by atoms with Gasteiger partial charge in [0.15, 0.2) is 5.84 Å². The van der Waals surface area contributed by atoms with Crippen LogP contribution in [0.4, 0.5) is 0 Å². The summed E-state index contributed by atoms with van der Waals surface area (Å²) >= 11 is 1.28. The Bertz CT molecular complexity index is 467. The molecule has 0 aliphatic heterocycles. The first-order chi connectivity index (χ1) is 9.02. The van der Waals surface area contributed by atoms with Crippen molar-refractivity contribution in [2.75, 3.05) is 7.11 Å². The van der Waals surface area contributed by atoms with E-state index < -0.39 is 5.54 Å². The van der Waals surface area contributed by atoms with Gasteiger partial charge in [0.1, 0.15) is 11.3 Å². The van der Waals surface area contributed by atoms with Crippen LogP contribution >= 0.6 is 11.3 Å². The molecule has 7 heteroatoms. The predicted octanol–water partition coefficient (Wildman–Crippen LogP) is 1.79. The van der Waals surface area contributed by atoms with Gasteiger partial charge in [-0.05, 0) is 12.8 Å². The number of carbonyl (C=O) groups excluding carboxylic acids is 1. The lowest BCUT2D eigenvalue weighted by molar-refractivity contribution is 0.0922. The number of nitrogens with zero attached hydrogens (tertiary/aromatic N) is 1. The average molecular weight is 285 g/mol. The van der Waals surface area contributed by atoms with E-state index in [2.05, 4.69) is 10.5 Å². The number of rotatable bonds is 6. The predicted molar refractivity (Wildman–Crippen MR) is 75.1 cm³/mol. The molecule has 6 nitrogen and oxygen atoms in total. The molecular weight excluding hydrogens is 266 g/mol. The lowest BCUT2D eigenvalue weighted by atomic mass is 9.91. The number of amides is 1. The molecule has 0 bridgehead atoms. The number of thiophene rings is 1. The summed E-state index contributed by atoms with van der Waals surface area (Å²) in [7, 11) is 1.54. The summed E-state index contributed by atoms with van der Waals surface area (Å²) in [5.74, 6) is 0.385. The van der Waals surface area contributed by atoms with E-state index in [4.69, 9.17) is 15.7 Å². The van der Waals surface area contributed by atoms with Crippen molar-refractivity contribution in [3.8, 4) is 5.75 Å². The Morgan fingerprint density at radius 1 is 1.58 bits per heavy atom. The Kier molecular flexibility index (Phi) is 5.17. The number of hydrogen-bond donors (Lipinski definition) is 3. The fraction of sp³-hybridized carbons (Fsp3) is 0.500. The summed E-state index contributed by atoms with van der Waals surface area (Å²) in [4.78, 5) is 12.7. The van der Waals surface area contributed by atoms with E-state index in [1.807, 2.05) is 13.8 Å². The standard InChI is InChI=1S/C12H19N3O3S/c1-4-12(5-2,11(13)15-17)14-10(16)9-6-8(18-3)7-19-9/h6-7,17H,4-5H2,1-3H3,(H2,13,15)(H,14,16). The van der Waals surface area contributed by atoms with Crippen molar-refractivity contribution >= 4 is 23.1 Å². The van der Waals surface area contributed by atoms with Crippen LogP contribution in [0.15, 0.2) is 16.6 Å². The van der Waals surface area contributed by atoms with Crippen LogP contribution in [0.3, 0.4) is 0 Å². The topological polar surface area (TPSA) is 96.9 Å².